The van der Waals surface area contributed by atoms with Crippen LogP contribution < -0.4 is 0 Å². The van der Waals surface area contributed by atoms with Crippen LogP contribution in [-0.2, 0) is 5.75 Å². The first-order valence-corrected chi connectivity index (χ1v) is 10.6. The van der Waals surface area contributed by atoms with Gasteiger partial charge in [0.05, 0.1) is 22.3 Å². The van der Waals surface area contributed by atoms with Gasteiger partial charge in [-0.2, -0.15) is 5.26 Å². The number of H-pyrrole nitrogens is 1. The van der Waals surface area contributed by atoms with Crippen molar-refractivity contribution in [2.45, 2.75) is 56.2 Å². The van der Waals surface area contributed by atoms with Crippen molar-refractivity contribution in [3.05, 3.63) is 53.0 Å². The molecule has 0 spiro atoms. The number of para-hydroxylation sites is 2. The fourth-order valence-electron chi connectivity index (χ4n) is 3.99. The zero-order valence-corrected chi connectivity index (χ0v) is 16.8. The van der Waals surface area contributed by atoms with Crippen LogP contribution in [0, 0.1) is 17.2 Å². The van der Waals surface area contributed by atoms with Crippen molar-refractivity contribution in [1.82, 2.24) is 15.0 Å². The molecule has 2 atom stereocenters. The average Bonchev–Trinajstić information content (AvgIpc) is 3.08. The van der Waals surface area contributed by atoms with E-state index in [1.807, 2.05) is 24.3 Å². The van der Waals surface area contributed by atoms with Gasteiger partial charge in [0.15, 0.2) is 0 Å². The van der Waals surface area contributed by atoms with Crippen LogP contribution in [0.1, 0.15) is 68.1 Å². The Balaban J connectivity index is 1.65. The van der Waals surface area contributed by atoms with Crippen molar-refractivity contribution >= 4 is 22.8 Å². The first-order valence-electron chi connectivity index (χ1n) is 9.58. The highest BCUT2D eigenvalue weighted by molar-refractivity contribution is 7.98. The number of nitriles is 1. The molecule has 0 saturated heterocycles. The van der Waals surface area contributed by atoms with Crippen LogP contribution in [0.25, 0.3) is 11.0 Å². The third-order valence-corrected chi connectivity index (χ3v) is 6.55. The highest BCUT2D eigenvalue weighted by atomic mass is 32.2. The molecule has 0 aliphatic heterocycles. The third-order valence-electron chi connectivity index (χ3n) is 5.55. The van der Waals surface area contributed by atoms with Gasteiger partial charge in [-0.3, -0.25) is 0 Å². The first kappa shape index (κ1) is 18.1. The average molecular weight is 377 g/mol. The molecular formula is C22H24N4S. The van der Waals surface area contributed by atoms with Crippen LogP contribution in [0.4, 0.5) is 0 Å². The van der Waals surface area contributed by atoms with Gasteiger partial charge in [-0.1, -0.05) is 44.7 Å². The van der Waals surface area contributed by atoms with E-state index in [-0.39, 0.29) is 0 Å². The van der Waals surface area contributed by atoms with E-state index < -0.39 is 0 Å². The minimum absolute atomic E-state index is 0.476. The Hall–Kier alpha value is -2.32. The van der Waals surface area contributed by atoms with Crippen molar-refractivity contribution in [1.29, 1.82) is 5.26 Å². The number of imidazole rings is 1. The monoisotopic (exact) mass is 376 g/mol. The molecular weight excluding hydrogens is 352 g/mol. The van der Waals surface area contributed by atoms with E-state index in [0.29, 0.717) is 29.1 Å². The normalized spacial score (nSPS) is 19.2. The summed E-state index contributed by atoms with van der Waals surface area (Å²) in [5, 5.41) is 10.5. The minimum Gasteiger partial charge on any atom is -0.341 e. The minimum atomic E-state index is 0.476. The maximum Gasteiger partial charge on any atom is 0.117 e. The second kappa shape index (κ2) is 7.36. The topological polar surface area (TPSA) is 65.4 Å². The van der Waals surface area contributed by atoms with Gasteiger partial charge in [0.25, 0.3) is 0 Å². The predicted octanol–water partition coefficient (Wildman–Crippen LogP) is 5.76. The third kappa shape index (κ3) is 3.46. The van der Waals surface area contributed by atoms with E-state index in [2.05, 4.69) is 42.9 Å². The Morgan fingerprint density at radius 1 is 1.26 bits per heavy atom. The van der Waals surface area contributed by atoms with Gasteiger partial charge in [-0.05, 0) is 48.4 Å². The Bertz CT molecular complexity index is 982. The summed E-state index contributed by atoms with van der Waals surface area (Å²) in [5.74, 6) is 3.11. The van der Waals surface area contributed by atoms with Gasteiger partial charge in [0.2, 0.25) is 0 Å². The molecule has 3 aromatic rings. The molecule has 0 saturated carbocycles. The zero-order chi connectivity index (χ0) is 19.0. The lowest BCUT2D eigenvalue weighted by Crippen LogP contribution is -2.19. The van der Waals surface area contributed by atoms with Crippen LogP contribution in [-0.4, -0.2) is 15.0 Å². The number of nitrogens with zero attached hydrogens (tertiary/aromatic N) is 3. The summed E-state index contributed by atoms with van der Waals surface area (Å²) >= 11 is 1.60. The molecule has 0 unspecified atom stereocenters. The lowest BCUT2D eigenvalue weighted by Gasteiger charge is -2.31. The lowest BCUT2D eigenvalue weighted by atomic mass is 9.75. The van der Waals surface area contributed by atoms with Gasteiger partial charge < -0.3 is 4.98 Å². The van der Waals surface area contributed by atoms with Crippen molar-refractivity contribution in [3.8, 4) is 6.07 Å². The summed E-state index contributed by atoms with van der Waals surface area (Å²) < 4.78 is 0. The first-order chi connectivity index (χ1) is 13.1. The number of aromatic amines is 1. The summed E-state index contributed by atoms with van der Waals surface area (Å²) in [4.78, 5) is 13.0. The van der Waals surface area contributed by atoms with Crippen LogP contribution in [0.5, 0.6) is 0 Å². The summed E-state index contributed by atoms with van der Waals surface area (Å²) in [5.41, 5.74) is 5.17. The molecule has 4 nitrogen and oxygen atoms in total. The summed E-state index contributed by atoms with van der Waals surface area (Å²) in [6.45, 7) is 6.79. The predicted molar refractivity (Wildman–Crippen MR) is 110 cm³/mol. The van der Waals surface area contributed by atoms with E-state index in [4.69, 9.17) is 4.98 Å². The molecule has 4 rings (SSSR count). The number of aromatic nitrogens is 3. The van der Waals surface area contributed by atoms with E-state index >= 15 is 0 Å². The number of thioether (sulfide) groups is 1. The Labute approximate surface area is 164 Å². The maximum absolute atomic E-state index is 9.67. The second-order valence-corrected chi connectivity index (χ2v) is 8.71. The quantitative estimate of drug-likeness (QED) is 0.588. The van der Waals surface area contributed by atoms with Crippen molar-refractivity contribution < 1.29 is 0 Å². The molecule has 2 aromatic heterocycles. The summed E-state index contributed by atoms with van der Waals surface area (Å²) in [6.07, 6.45) is 2.35. The Morgan fingerprint density at radius 2 is 2.07 bits per heavy atom. The van der Waals surface area contributed by atoms with Crippen molar-refractivity contribution in [2.75, 3.05) is 0 Å². The number of nitrogens with one attached hydrogen (secondary N) is 1. The molecule has 1 N–H and O–H groups in total. The van der Waals surface area contributed by atoms with E-state index in [0.717, 1.165) is 21.9 Å². The molecule has 1 aliphatic carbocycles. The largest absolute Gasteiger partial charge is 0.341 e. The van der Waals surface area contributed by atoms with Crippen molar-refractivity contribution in [3.63, 3.8) is 0 Å². The molecule has 0 bridgehead atoms. The van der Waals surface area contributed by atoms with Crippen LogP contribution >= 0.6 is 11.8 Å². The SMILES string of the molecule is CC(C)[C@H]1CC[C@H](C)c2cc(C#N)c(SCc3nc4ccccc4[nH]3)nc21. The van der Waals surface area contributed by atoms with Crippen molar-refractivity contribution in [2.24, 2.45) is 5.92 Å². The molecule has 138 valence electrons. The van der Waals surface area contributed by atoms with E-state index in [9.17, 15) is 5.26 Å². The Kier molecular flexibility index (Phi) is 4.92. The fraction of sp³-hybridized carbons (Fsp3) is 0.409. The van der Waals surface area contributed by atoms with Gasteiger partial charge in [0, 0.05) is 11.6 Å². The molecule has 1 aromatic carbocycles. The van der Waals surface area contributed by atoms with Crippen LogP contribution in [0.15, 0.2) is 35.4 Å². The molecule has 0 fully saturated rings. The highest BCUT2D eigenvalue weighted by Gasteiger charge is 2.29. The second-order valence-electron chi connectivity index (χ2n) is 7.75. The fourth-order valence-corrected chi connectivity index (χ4v) is 4.82. The molecule has 5 heteroatoms. The van der Waals surface area contributed by atoms with E-state index in [1.165, 1.54) is 24.1 Å². The number of rotatable bonds is 4. The smallest absolute Gasteiger partial charge is 0.117 e. The maximum atomic E-state index is 9.67. The zero-order valence-electron chi connectivity index (χ0n) is 16.0. The number of fused-ring (bicyclic) bond motifs is 2. The Morgan fingerprint density at radius 3 is 2.81 bits per heavy atom. The van der Waals surface area contributed by atoms with Gasteiger partial charge in [-0.15, -0.1) is 0 Å². The number of hydrogen-bond acceptors (Lipinski definition) is 4. The lowest BCUT2D eigenvalue weighted by molar-refractivity contribution is 0.398. The van der Waals surface area contributed by atoms with Gasteiger partial charge in [-0.25, -0.2) is 9.97 Å². The molecule has 0 amide bonds. The number of pyridine rings is 1. The highest BCUT2D eigenvalue weighted by Crippen LogP contribution is 2.43. The molecule has 2 heterocycles. The van der Waals surface area contributed by atoms with Crippen LogP contribution in [0.3, 0.4) is 0 Å². The van der Waals surface area contributed by atoms with E-state index in [1.54, 1.807) is 11.8 Å². The summed E-state index contributed by atoms with van der Waals surface area (Å²) in [6, 6.07) is 12.5. The van der Waals surface area contributed by atoms with Crippen LogP contribution in [0.2, 0.25) is 0 Å². The van der Waals surface area contributed by atoms with Gasteiger partial charge in [0.1, 0.15) is 16.9 Å². The van der Waals surface area contributed by atoms with Gasteiger partial charge >= 0.3 is 0 Å². The molecule has 0 radical (unpaired) electrons. The number of benzene rings is 1. The molecule has 1 aliphatic rings. The summed E-state index contributed by atoms with van der Waals surface area (Å²) in [7, 11) is 0. The standard InChI is InChI=1S/C22H24N4S/c1-13(2)16-9-8-14(3)17-10-15(11-23)22(26-21(16)17)27-12-20-24-18-6-4-5-7-19(18)25-20/h4-7,10,13-14,16H,8-9,12H2,1-3H3,(H,24,25)/t14-,16+/m0/s1. The molecule has 27 heavy (non-hydrogen) atoms. The number of hydrogen-bond donors (Lipinski definition) is 1.